The molecule has 0 amide bonds. The normalized spacial score (nSPS) is 15.4. The van der Waals surface area contributed by atoms with Crippen molar-refractivity contribution in [2.75, 3.05) is 6.61 Å². The standard InChI is InChI=1S/C23H33NO/c1-16(2)20-10-6-7-11-21(20)18(5)23(15-25)22(17(3)4)13-19-9-8-12-24-14-19/h6-12,14,16-18,22-23,25H,13,15H2,1-5H3. The van der Waals surface area contributed by atoms with Gasteiger partial charge in [-0.25, -0.2) is 0 Å². The Hall–Kier alpha value is -1.67. The highest BCUT2D eigenvalue weighted by atomic mass is 16.3. The molecule has 2 aromatic rings. The van der Waals surface area contributed by atoms with Gasteiger partial charge >= 0.3 is 0 Å². The van der Waals surface area contributed by atoms with Crippen molar-refractivity contribution in [2.45, 2.75) is 52.9 Å². The van der Waals surface area contributed by atoms with Crippen molar-refractivity contribution in [2.24, 2.45) is 17.8 Å². The molecule has 1 aromatic heterocycles. The van der Waals surface area contributed by atoms with Gasteiger partial charge < -0.3 is 5.11 Å². The Morgan fingerprint density at radius 1 is 0.880 bits per heavy atom. The quantitative estimate of drug-likeness (QED) is 0.695. The highest BCUT2D eigenvalue weighted by Crippen LogP contribution is 2.38. The van der Waals surface area contributed by atoms with Crippen LogP contribution in [-0.4, -0.2) is 16.7 Å². The first-order valence-corrected chi connectivity index (χ1v) is 9.54. The van der Waals surface area contributed by atoms with Gasteiger partial charge in [0.2, 0.25) is 0 Å². The van der Waals surface area contributed by atoms with E-state index in [9.17, 15) is 5.11 Å². The summed E-state index contributed by atoms with van der Waals surface area (Å²) in [5.74, 6) is 1.98. The molecule has 0 bridgehead atoms. The van der Waals surface area contributed by atoms with Gasteiger partial charge in [0.1, 0.15) is 0 Å². The SMILES string of the molecule is CC(C)c1ccccc1C(C)C(CO)C(Cc1cccnc1)C(C)C. The second kappa shape index (κ2) is 9.15. The molecule has 25 heavy (non-hydrogen) atoms. The van der Waals surface area contributed by atoms with Crippen molar-refractivity contribution >= 4 is 0 Å². The highest BCUT2D eigenvalue weighted by molar-refractivity contribution is 5.33. The Morgan fingerprint density at radius 2 is 1.56 bits per heavy atom. The van der Waals surface area contributed by atoms with Crippen molar-refractivity contribution < 1.29 is 5.11 Å². The average Bonchev–Trinajstić information content (AvgIpc) is 2.62. The molecule has 1 N–H and O–H groups in total. The van der Waals surface area contributed by atoms with Gasteiger partial charge in [0, 0.05) is 19.0 Å². The minimum atomic E-state index is 0.219. The zero-order valence-electron chi connectivity index (χ0n) is 16.3. The summed E-state index contributed by atoms with van der Waals surface area (Å²) in [4.78, 5) is 4.26. The molecular formula is C23H33NO. The molecule has 2 heteroatoms. The minimum absolute atomic E-state index is 0.219. The molecule has 3 atom stereocenters. The molecule has 1 aromatic carbocycles. The number of hydrogen-bond acceptors (Lipinski definition) is 2. The number of aromatic nitrogens is 1. The van der Waals surface area contributed by atoms with Crippen molar-refractivity contribution in [1.82, 2.24) is 4.98 Å². The van der Waals surface area contributed by atoms with E-state index >= 15 is 0 Å². The Labute approximate surface area is 153 Å². The molecule has 0 saturated heterocycles. The largest absolute Gasteiger partial charge is 0.396 e. The first-order valence-electron chi connectivity index (χ1n) is 9.54. The Balaban J connectivity index is 2.31. The van der Waals surface area contributed by atoms with E-state index in [1.807, 2.05) is 18.5 Å². The number of rotatable bonds is 8. The fourth-order valence-electron chi connectivity index (χ4n) is 4.02. The molecule has 0 aliphatic rings. The van der Waals surface area contributed by atoms with Crippen LogP contribution in [0.25, 0.3) is 0 Å². The lowest BCUT2D eigenvalue weighted by Crippen LogP contribution is -2.30. The van der Waals surface area contributed by atoms with Crippen molar-refractivity contribution in [1.29, 1.82) is 0 Å². The molecule has 3 unspecified atom stereocenters. The average molecular weight is 340 g/mol. The monoisotopic (exact) mass is 339 g/mol. The second-order valence-corrected chi connectivity index (χ2v) is 7.89. The molecule has 136 valence electrons. The van der Waals surface area contributed by atoms with E-state index in [1.165, 1.54) is 16.7 Å². The van der Waals surface area contributed by atoms with E-state index in [1.54, 1.807) is 0 Å². The third-order valence-corrected chi connectivity index (χ3v) is 5.56. The number of hydrogen-bond donors (Lipinski definition) is 1. The molecule has 1 heterocycles. The molecule has 0 aliphatic heterocycles. The smallest absolute Gasteiger partial charge is 0.0467 e. The summed E-state index contributed by atoms with van der Waals surface area (Å²) >= 11 is 0. The lowest BCUT2D eigenvalue weighted by Gasteiger charge is -2.35. The first kappa shape index (κ1) is 19.7. The predicted octanol–water partition coefficient (Wildman–Crippen LogP) is 5.43. The van der Waals surface area contributed by atoms with Crippen LogP contribution >= 0.6 is 0 Å². The van der Waals surface area contributed by atoms with Crippen LogP contribution in [0.4, 0.5) is 0 Å². The number of pyridine rings is 1. The minimum Gasteiger partial charge on any atom is -0.396 e. The summed E-state index contributed by atoms with van der Waals surface area (Å²) in [6.07, 6.45) is 4.74. The van der Waals surface area contributed by atoms with Gasteiger partial charge in [0.15, 0.2) is 0 Å². The van der Waals surface area contributed by atoms with Crippen LogP contribution in [0.15, 0.2) is 48.8 Å². The zero-order valence-corrected chi connectivity index (χ0v) is 16.3. The summed E-state index contributed by atoms with van der Waals surface area (Å²) in [7, 11) is 0. The summed E-state index contributed by atoms with van der Waals surface area (Å²) in [6.45, 7) is 11.5. The second-order valence-electron chi connectivity index (χ2n) is 7.89. The van der Waals surface area contributed by atoms with E-state index in [2.05, 4.69) is 69.9 Å². The molecular weight excluding hydrogens is 306 g/mol. The number of benzene rings is 1. The van der Waals surface area contributed by atoms with Gasteiger partial charge in [-0.2, -0.15) is 0 Å². The highest BCUT2D eigenvalue weighted by Gasteiger charge is 2.31. The summed E-state index contributed by atoms with van der Waals surface area (Å²) < 4.78 is 0. The van der Waals surface area contributed by atoms with E-state index in [0.717, 1.165) is 6.42 Å². The van der Waals surface area contributed by atoms with Crippen LogP contribution in [-0.2, 0) is 6.42 Å². The summed E-state index contributed by atoms with van der Waals surface area (Å²) in [6, 6.07) is 12.9. The third kappa shape index (κ3) is 4.92. The van der Waals surface area contributed by atoms with Gasteiger partial charge in [-0.05, 0) is 58.8 Å². The van der Waals surface area contributed by atoms with Crippen LogP contribution in [0.5, 0.6) is 0 Å². The molecule has 0 aliphatic carbocycles. The van der Waals surface area contributed by atoms with Gasteiger partial charge in [0.25, 0.3) is 0 Å². The summed E-state index contributed by atoms with van der Waals surface area (Å²) in [5, 5.41) is 10.3. The maximum absolute atomic E-state index is 10.3. The fourth-order valence-corrected chi connectivity index (χ4v) is 4.02. The number of aliphatic hydroxyl groups excluding tert-OH is 1. The van der Waals surface area contributed by atoms with Gasteiger partial charge in [-0.3, -0.25) is 4.98 Å². The lowest BCUT2D eigenvalue weighted by atomic mass is 9.71. The maximum atomic E-state index is 10.3. The van der Waals surface area contributed by atoms with Crippen LogP contribution < -0.4 is 0 Å². The molecule has 0 fully saturated rings. The number of nitrogens with zero attached hydrogens (tertiary/aromatic N) is 1. The molecule has 0 saturated carbocycles. The third-order valence-electron chi connectivity index (χ3n) is 5.56. The van der Waals surface area contributed by atoms with Crippen molar-refractivity contribution in [3.8, 4) is 0 Å². The topological polar surface area (TPSA) is 33.1 Å². The molecule has 0 radical (unpaired) electrons. The first-order chi connectivity index (χ1) is 12.0. The van der Waals surface area contributed by atoms with E-state index < -0.39 is 0 Å². The van der Waals surface area contributed by atoms with Gasteiger partial charge in [-0.15, -0.1) is 0 Å². The zero-order chi connectivity index (χ0) is 18.4. The number of aliphatic hydroxyl groups is 1. The van der Waals surface area contributed by atoms with Crippen LogP contribution in [0.2, 0.25) is 0 Å². The van der Waals surface area contributed by atoms with Crippen molar-refractivity contribution in [3.63, 3.8) is 0 Å². The van der Waals surface area contributed by atoms with Gasteiger partial charge in [-0.1, -0.05) is 65.0 Å². The maximum Gasteiger partial charge on any atom is 0.0467 e. The summed E-state index contributed by atoms with van der Waals surface area (Å²) in [5.41, 5.74) is 4.04. The predicted molar refractivity (Wildman–Crippen MR) is 106 cm³/mol. The Morgan fingerprint density at radius 3 is 2.08 bits per heavy atom. The van der Waals surface area contributed by atoms with Crippen molar-refractivity contribution in [3.05, 3.63) is 65.5 Å². The molecule has 0 spiro atoms. The van der Waals surface area contributed by atoms with Gasteiger partial charge in [0.05, 0.1) is 0 Å². The van der Waals surface area contributed by atoms with E-state index in [0.29, 0.717) is 23.7 Å². The van der Waals surface area contributed by atoms with Crippen LogP contribution in [0, 0.1) is 17.8 Å². The Kier molecular flexibility index (Phi) is 7.19. The lowest BCUT2D eigenvalue weighted by molar-refractivity contribution is 0.126. The van der Waals surface area contributed by atoms with Crippen LogP contribution in [0.3, 0.4) is 0 Å². The molecule has 2 nitrogen and oxygen atoms in total. The Bertz CT molecular complexity index is 636. The van der Waals surface area contributed by atoms with E-state index in [4.69, 9.17) is 0 Å². The fraction of sp³-hybridized carbons (Fsp3) is 0.522. The molecule has 2 rings (SSSR count). The van der Waals surface area contributed by atoms with Crippen LogP contribution in [0.1, 0.15) is 63.1 Å². The van der Waals surface area contributed by atoms with E-state index in [-0.39, 0.29) is 12.5 Å².